The van der Waals surface area contributed by atoms with E-state index in [2.05, 4.69) is 39.6 Å². The highest BCUT2D eigenvalue weighted by atomic mass is 16.2. The number of nitrogens with two attached hydrogens (primary N) is 2. The zero-order chi connectivity index (χ0) is 17.8. The van der Waals surface area contributed by atoms with E-state index in [9.17, 15) is 4.79 Å². The molecule has 0 fully saturated rings. The Hall–Kier alpha value is -1.49. The smallest absolute Gasteiger partial charge is 0.268 e. The molecule has 0 saturated carbocycles. The maximum absolute atomic E-state index is 11.9. The molecule has 0 aromatic carbocycles. The number of unbranched alkanes of at least 4 members (excludes halogenated alkanes) is 1. The van der Waals surface area contributed by atoms with E-state index in [1.807, 2.05) is 0 Å². The van der Waals surface area contributed by atoms with Gasteiger partial charge in [0.05, 0.1) is 0 Å². The Morgan fingerprint density at radius 1 is 1.22 bits per heavy atom. The molecule has 0 saturated heterocycles. The minimum absolute atomic E-state index is 0.156. The van der Waals surface area contributed by atoms with Gasteiger partial charge in [-0.25, -0.2) is 5.84 Å². The average molecular weight is 325 g/mol. The van der Waals surface area contributed by atoms with Crippen LogP contribution in [0.2, 0.25) is 0 Å². The lowest BCUT2D eigenvalue weighted by Crippen LogP contribution is -2.33. The molecule has 0 radical (unpaired) electrons. The molecule has 0 aliphatic heterocycles. The van der Waals surface area contributed by atoms with Gasteiger partial charge in [0.2, 0.25) is 0 Å². The zero-order valence-corrected chi connectivity index (χ0v) is 15.4. The summed E-state index contributed by atoms with van der Waals surface area (Å²) in [6.45, 7) is 14.0. The second-order valence-corrected chi connectivity index (χ2v) is 6.88. The van der Waals surface area contributed by atoms with Crippen molar-refractivity contribution in [2.24, 2.45) is 23.4 Å². The van der Waals surface area contributed by atoms with Crippen LogP contribution in [0.1, 0.15) is 59.8 Å². The van der Waals surface area contributed by atoms with Gasteiger partial charge in [-0.05, 0) is 43.9 Å². The van der Waals surface area contributed by atoms with Crippen LogP contribution in [0.25, 0.3) is 0 Å². The van der Waals surface area contributed by atoms with Crippen LogP contribution in [0.5, 0.6) is 0 Å². The Morgan fingerprint density at radius 2 is 1.87 bits per heavy atom. The Balaban J connectivity index is 3.92. The molecule has 0 spiro atoms. The zero-order valence-electron chi connectivity index (χ0n) is 15.4. The number of hydrazine groups is 1. The molecule has 23 heavy (non-hydrogen) atoms. The van der Waals surface area contributed by atoms with Crippen LogP contribution < -0.4 is 16.9 Å². The summed E-state index contributed by atoms with van der Waals surface area (Å²) in [4.78, 5) is 11.9. The maximum atomic E-state index is 11.9. The molecule has 0 aliphatic rings. The third-order valence-electron chi connectivity index (χ3n) is 3.79. The molecule has 0 aliphatic carbocycles. The Labute approximate surface area is 142 Å². The molecule has 1 amide bonds. The van der Waals surface area contributed by atoms with Crippen molar-refractivity contribution in [1.29, 1.82) is 0 Å². The lowest BCUT2D eigenvalue weighted by molar-refractivity contribution is -0.117. The van der Waals surface area contributed by atoms with Crippen molar-refractivity contribution in [1.82, 2.24) is 10.3 Å². The summed E-state index contributed by atoms with van der Waals surface area (Å²) in [5.41, 5.74) is 7.18. The van der Waals surface area contributed by atoms with E-state index in [0.717, 1.165) is 32.1 Å². The minimum atomic E-state index is -0.257. The van der Waals surface area contributed by atoms with Gasteiger partial charge in [0, 0.05) is 19.3 Å². The molecule has 0 aromatic rings. The van der Waals surface area contributed by atoms with Crippen molar-refractivity contribution in [3.63, 3.8) is 0 Å². The van der Waals surface area contributed by atoms with Crippen LogP contribution in [0.3, 0.4) is 0 Å². The van der Waals surface area contributed by atoms with Crippen molar-refractivity contribution >= 4 is 5.91 Å². The SMILES string of the molecule is C=C(CCCCNC(=O)/C(N)=C/N(N)CCCC(C)C)C(C)C. The Morgan fingerprint density at radius 3 is 2.43 bits per heavy atom. The molecule has 5 heteroatoms. The first-order valence-corrected chi connectivity index (χ1v) is 8.68. The fraction of sp³-hybridized carbons (Fsp3) is 0.722. The first-order chi connectivity index (χ1) is 10.7. The number of allylic oxidation sites excluding steroid dienone is 1. The van der Waals surface area contributed by atoms with Crippen LogP contribution in [-0.2, 0) is 4.79 Å². The highest BCUT2D eigenvalue weighted by Gasteiger charge is 2.06. The van der Waals surface area contributed by atoms with Gasteiger partial charge >= 0.3 is 0 Å². The summed E-state index contributed by atoms with van der Waals surface area (Å²) in [7, 11) is 0. The first kappa shape index (κ1) is 21.5. The molecule has 5 N–H and O–H groups in total. The highest BCUT2D eigenvalue weighted by molar-refractivity contribution is 5.92. The standard InChI is InChI=1S/C18H36N4O/c1-14(2)9-8-12-22(20)13-17(19)18(23)21-11-7-6-10-16(5)15(3)4/h13-15H,5-12,19-20H2,1-4H3,(H,21,23)/b17-13-. The van der Waals surface area contributed by atoms with Crippen LogP contribution in [0.4, 0.5) is 0 Å². The number of nitrogens with zero attached hydrogens (tertiary/aromatic N) is 1. The lowest BCUT2D eigenvalue weighted by Gasteiger charge is -2.15. The predicted molar refractivity (Wildman–Crippen MR) is 98.1 cm³/mol. The van der Waals surface area contributed by atoms with Gasteiger partial charge in [0.1, 0.15) is 5.70 Å². The molecule has 0 bridgehead atoms. The minimum Gasteiger partial charge on any atom is -0.393 e. The third-order valence-corrected chi connectivity index (χ3v) is 3.79. The normalized spacial score (nSPS) is 11.9. The van der Waals surface area contributed by atoms with Crippen LogP contribution >= 0.6 is 0 Å². The molecule has 0 atom stereocenters. The monoisotopic (exact) mass is 324 g/mol. The van der Waals surface area contributed by atoms with Gasteiger partial charge < -0.3 is 16.1 Å². The fourth-order valence-electron chi connectivity index (χ4n) is 2.05. The number of carbonyl (C=O) groups excluding carboxylic acids is 1. The first-order valence-electron chi connectivity index (χ1n) is 8.68. The summed E-state index contributed by atoms with van der Waals surface area (Å²) in [5, 5.41) is 4.31. The molecule has 5 nitrogen and oxygen atoms in total. The summed E-state index contributed by atoms with van der Waals surface area (Å²) in [6, 6.07) is 0. The number of rotatable bonds is 12. The van der Waals surface area contributed by atoms with Gasteiger partial charge in [-0.2, -0.15) is 0 Å². The second kappa shape index (κ2) is 12.0. The van der Waals surface area contributed by atoms with E-state index in [0.29, 0.717) is 24.9 Å². The predicted octanol–water partition coefficient (Wildman–Crippen LogP) is 2.90. The molecule has 0 unspecified atom stereocenters. The van der Waals surface area contributed by atoms with E-state index >= 15 is 0 Å². The van der Waals surface area contributed by atoms with Crippen molar-refractivity contribution in [2.75, 3.05) is 13.1 Å². The average Bonchev–Trinajstić information content (AvgIpc) is 2.45. The summed E-state index contributed by atoms with van der Waals surface area (Å²) in [5.74, 6) is 6.74. The van der Waals surface area contributed by atoms with Crippen LogP contribution in [0, 0.1) is 11.8 Å². The quantitative estimate of drug-likeness (QED) is 0.169. The van der Waals surface area contributed by atoms with E-state index in [4.69, 9.17) is 11.6 Å². The van der Waals surface area contributed by atoms with Gasteiger partial charge in [-0.3, -0.25) is 4.79 Å². The molecular weight excluding hydrogens is 288 g/mol. The van der Waals surface area contributed by atoms with E-state index < -0.39 is 0 Å². The van der Waals surface area contributed by atoms with Gasteiger partial charge in [0.15, 0.2) is 0 Å². The third kappa shape index (κ3) is 11.7. The van der Waals surface area contributed by atoms with E-state index in [1.54, 1.807) is 0 Å². The molecule has 0 heterocycles. The number of carbonyl (C=O) groups is 1. The van der Waals surface area contributed by atoms with Gasteiger partial charge in [-0.15, -0.1) is 0 Å². The van der Waals surface area contributed by atoms with Crippen LogP contribution in [0.15, 0.2) is 24.0 Å². The largest absolute Gasteiger partial charge is 0.393 e. The van der Waals surface area contributed by atoms with Crippen molar-refractivity contribution in [3.05, 3.63) is 24.0 Å². The molecule has 0 aromatic heterocycles. The highest BCUT2D eigenvalue weighted by Crippen LogP contribution is 2.13. The lowest BCUT2D eigenvalue weighted by atomic mass is 9.99. The Bertz CT molecular complexity index is 388. The van der Waals surface area contributed by atoms with Crippen molar-refractivity contribution < 1.29 is 4.79 Å². The fourth-order valence-corrected chi connectivity index (χ4v) is 2.05. The second-order valence-electron chi connectivity index (χ2n) is 6.88. The van der Waals surface area contributed by atoms with Crippen molar-refractivity contribution in [3.8, 4) is 0 Å². The molecule has 134 valence electrons. The van der Waals surface area contributed by atoms with Gasteiger partial charge in [0.25, 0.3) is 5.91 Å². The van der Waals surface area contributed by atoms with E-state index in [1.165, 1.54) is 16.8 Å². The summed E-state index contributed by atoms with van der Waals surface area (Å²) in [6.07, 6.45) is 6.56. The molecule has 0 rings (SSSR count). The number of hydrogen-bond acceptors (Lipinski definition) is 4. The van der Waals surface area contributed by atoms with Crippen molar-refractivity contribution in [2.45, 2.75) is 59.8 Å². The summed E-state index contributed by atoms with van der Waals surface area (Å²) >= 11 is 0. The summed E-state index contributed by atoms with van der Waals surface area (Å²) < 4.78 is 0. The topological polar surface area (TPSA) is 84.4 Å². The Kier molecular flexibility index (Phi) is 11.2. The maximum Gasteiger partial charge on any atom is 0.268 e. The molecular formula is C18H36N4O. The van der Waals surface area contributed by atoms with Gasteiger partial charge in [-0.1, -0.05) is 39.8 Å². The number of nitrogens with one attached hydrogen (secondary N) is 1. The van der Waals surface area contributed by atoms with E-state index in [-0.39, 0.29) is 11.6 Å². The van der Waals surface area contributed by atoms with Crippen LogP contribution in [-0.4, -0.2) is 24.0 Å². The number of hydrogen-bond donors (Lipinski definition) is 3. The number of amides is 1.